The van der Waals surface area contributed by atoms with Crippen molar-refractivity contribution < 1.29 is 0 Å². The van der Waals surface area contributed by atoms with Crippen LogP contribution in [0.2, 0.25) is 0 Å². The summed E-state index contributed by atoms with van der Waals surface area (Å²) >= 11 is 0. The molecule has 0 bridgehead atoms. The molecule has 3 rings (SSSR count). The van der Waals surface area contributed by atoms with Crippen molar-refractivity contribution in [2.45, 2.75) is 70.3 Å². The lowest BCUT2D eigenvalue weighted by molar-refractivity contribution is 0.142. The van der Waals surface area contributed by atoms with E-state index in [0.29, 0.717) is 5.41 Å². The van der Waals surface area contributed by atoms with Gasteiger partial charge in [-0.2, -0.15) is 0 Å². The number of hydrogen-bond acceptors (Lipinski definition) is 2. The fourth-order valence-corrected chi connectivity index (χ4v) is 3.90. The van der Waals surface area contributed by atoms with Gasteiger partial charge < -0.3 is 10.2 Å². The van der Waals surface area contributed by atoms with Crippen LogP contribution in [0.25, 0.3) is 0 Å². The van der Waals surface area contributed by atoms with Crippen molar-refractivity contribution in [3.8, 4) is 0 Å². The first-order valence-electron chi connectivity index (χ1n) is 8.68. The van der Waals surface area contributed by atoms with Crippen molar-refractivity contribution in [1.82, 2.24) is 10.2 Å². The van der Waals surface area contributed by atoms with Crippen LogP contribution in [0.15, 0.2) is 0 Å². The maximum absolute atomic E-state index is 3.84. The summed E-state index contributed by atoms with van der Waals surface area (Å²) in [7, 11) is 2.36. The summed E-state index contributed by atoms with van der Waals surface area (Å²) in [5.41, 5.74) is 0.586. The standard InChI is InChI=1S/C17H32N2/c1-19(12-15-6-7-15)14-17(13-18-16-8-9-16)10-4-2-3-5-11-17/h15-16,18H,2-14H2,1H3. The Morgan fingerprint density at radius 3 is 2.26 bits per heavy atom. The molecule has 0 aromatic carbocycles. The van der Waals surface area contributed by atoms with E-state index in [9.17, 15) is 0 Å². The highest BCUT2D eigenvalue weighted by atomic mass is 15.1. The zero-order valence-electron chi connectivity index (χ0n) is 12.8. The van der Waals surface area contributed by atoms with Crippen LogP contribution in [0.3, 0.4) is 0 Å². The minimum absolute atomic E-state index is 0.586. The third kappa shape index (κ3) is 4.46. The maximum Gasteiger partial charge on any atom is 0.00684 e. The maximum atomic E-state index is 3.84. The molecule has 2 nitrogen and oxygen atoms in total. The third-order valence-corrected chi connectivity index (χ3v) is 5.38. The molecule has 0 aliphatic heterocycles. The molecule has 2 heteroatoms. The number of nitrogens with zero attached hydrogens (tertiary/aromatic N) is 1. The van der Waals surface area contributed by atoms with E-state index < -0.39 is 0 Å². The fourth-order valence-electron chi connectivity index (χ4n) is 3.90. The molecule has 0 atom stereocenters. The van der Waals surface area contributed by atoms with E-state index in [1.165, 1.54) is 83.8 Å². The van der Waals surface area contributed by atoms with Gasteiger partial charge in [0.05, 0.1) is 0 Å². The molecular formula is C17H32N2. The van der Waals surface area contributed by atoms with Gasteiger partial charge >= 0.3 is 0 Å². The minimum atomic E-state index is 0.586. The average Bonchev–Trinajstić information content (AvgIpc) is 3.24. The summed E-state index contributed by atoms with van der Waals surface area (Å²) in [6.45, 7) is 3.97. The fraction of sp³-hybridized carbons (Fsp3) is 1.00. The molecule has 0 aromatic rings. The molecule has 0 unspecified atom stereocenters. The molecule has 3 fully saturated rings. The van der Waals surface area contributed by atoms with Gasteiger partial charge in [0, 0.05) is 25.7 Å². The predicted molar refractivity (Wildman–Crippen MR) is 81.4 cm³/mol. The first kappa shape index (κ1) is 13.9. The first-order valence-corrected chi connectivity index (χ1v) is 8.68. The molecule has 0 saturated heterocycles. The number of rotatable bonds is 7. The van der Waals surface area contributed by atoms with Gasteiger partial charge in [-0.3, -0.25) is 0 Å². The highest BCUT2D eigenvalue weighted by molar-refractivity contribution is 4.91. The molecule has 1 N–H and O–H groups in total. The first-order chi connectivity index (χ1) is 9.26. The molecular weight excluding hydrogens is 232 g/mol. The zero-order chi connectivity index (χ0) is 13.1. The van der Waals surface area contributed by atoms with Gasteiger partial charge in [-0.15, -0.1) is 0 Å². The minimum Gasteiger partial charge on any atom is -0.313 e. The molecule has 110 valence electrons. The topological polar surface area (TPSA) is 15.3 Å². The Labute approximate surface area is 119 Å². The lowest BCUT2D eigenvalue weighted by Crippen LogP contribution is -2.44. The van der Waals surface area contributed by atoms with E-state index in [1.807, 2.05) is 0 Å². The molecule has 3 aliphatic rings. The van der Waals surface area contributed by atoms with E-state index >= 15 is 0 Å². The Morgan fingerprint density at radius 2 is 1.68 bits per heavy atom. The van der Waals surface area contributed by atoms with Crippen LogP contribution < -0.4 is 5.32 Å². The van der Waals surface area contributed by atoms with Crippen LogP contribution in [0.5, 0.6) is 0 Å². The molecule has 0 amide bonds. The molecule has 0 heterocycles. The Kier molecular flexibility index (Phi) is 4.48. The van der Waals surface area contributed by atoms with E-state index in [0.717, 1.165) is 12.0 Å². The van der Waals surface area contributed by atoms with Crippen molar-refractivity contribution >= 4 is 0 Å². The van der Waals surface area contributed by atoms with E-state index in [2.05, 4.69) is 17.3 Å². The molecule has 3 aliphatic carbocycles. The predicted octanol–water partition coefficient (Wildman–Crippen LogP) is 3.42. The molecule has 0 radical (unpaired) electrons. The van der Waals surface area contributed by atoms with Crippen LogP contribution >= 0.6 is 0 Å². The van der Waals surface area contributed by atoms with Crippen LogP contribution in [-0.4, -0.2) is 37.6 Å². The monoisotopic (exact) mass is 264 g/mol. The van der Waals surface area contributed by atoms with Gasteiger partial charge in [-0.1, -0.05) is 25.7 Å². The second kappa shape index (κ2) is 6.13. The Bertz CT molecular complexity index is 273. The molecule has 0 aromatic heterocycles. The van der Waals surface area contributed by atoms with Crippen LogP contribution in [-0.2, 0) is 0 Å². The van der Waals surface area contributed by atoms with Crippen LogP contribution in [0.1, 0.15) is 64.2 Å². The zero-order valence-corrected chi connectivity index (χ0v) is 12.8. The van der Waals surface area contributed by atoms with E-state index in [1.54, 1.807) is 0 Å². The molecule has 0 spiro atoms. The summed E-state index contributed by atoms with van der Waals surface area (Å²) in [6.07, 6.45) is 14.6. The second-order valence-corrected chi connectivity index (χ2v) is 7.71. The van der Waals surface area contributed by atoms with E-state index in [4.69, 9.17) is 0 Å². The molecule has 3 saturated carbocycles. The highest BCUT2D eigenvalue weighted by Gasteiger charge is 2.35. The van der Waals surface area contributed by atoms with Gasteiger partial charge in [-0.25, -0.2) is 0 Å². The Balaban J connectivity index is 1.55. The second-order valence-electron chi connectivity index (χ2n) is 7.71. The largest absolute Gasteiger partial charge is 0.313 e. The van der Waals surface area contributed by atoms with Gasteiger partial charge in [0.1, 0.15) is 0 Å². The van der Waals surface area contributed by atoms with Crippen LogP contribution in [0.4, 0.5) is 0 Å². The van der Waals surface area contributed by atoms with Crippen molar-refractivity contribution in [3.05, 3.63) is 0 Å². The Morgan fingerprint density at radius 1 is 1.00 bits per heavy atom. The smallest absolute Gasteiger partial charge is 0.00684 e. The summed E-state index contributed by atoms with van der Waals surface area (Å²) in [6, 6.07) is 0.869. The lowest BCUT2D eigenvalue weighted by Gasteiger charge is -2.37. The van der Waals surface area contributed by atoms with Gasteiger partial charge in [0.15, 0.2) is 0 Å². The van der Waals surface area contributed by atoms with Gasteiger partial charge in [-0.05, 0) is 56.9 Å². The quantitative estimate of drug-likeness (QED) is 0.709. The summed E-state index contributed by atoms with van der Waals surface area (Å²) in [5, 5.41) is 3.84. The average molecular weight is 264 g/mol. The van der Waals surface area contributed by atoms with Gasteiger partial charge in [0.2, 0.25) is 0 Å². The van der Waals surface area contributed by atoms with Crippen molar-refractivity contribution in [2.75, 3.05) is 26.7 Å². The van der Waals surface area contributed by atoms with Crippen molar-refractivity contribution in [2.24, 2.45) is 11.3 Å². The number of hydrogen-bond donors (Lipinski definition) is 1. The number of nitrogens with one attached hydrogen (secondary N) is 1. The van der Waals surface area contributed by atoms with Crippen molar-refractivity contribution in [3.63, 3.8) is 0 Å². The summed E-state index contributed by atoms with van der Waals surface area (Å²) in [4.78, 5) is 2.65. The summed E-state index contributed by atoms with van der Waals surface area (Å²) < 4.78 is 0. The Hall–Kier alpha value is -0.0800. The molecule has 19 heavy (non-hydrogen) atoms. The van der Waals surface area contributed by atoms with Crippen molar-refractivity contribution in [1.29, 1.82) is 0 Å². The lowest BCUT2D eigenvalue weighted by atomic mass is 9.79. The highest BCUT2D eigenvalue weighted by Crippen LogP contribution is 2.37. The van der Waals surface area contributed by atoms with E-state index in [-0.39, 0.29) is 0 Å². The SMILES string of the molecule is CN(CC1CC1)CC1(CNC2CC2)CCCCCC1. The summed E-state index contributed by atoms with van der Waals surface area (Å²) in [5.74, 6) is 1.03. The normalized spacial score (nSPS) is 27.5. The van der Waals surface area contributed by atoms with Crippen LogP contribution in [0, 0.1) is 11.3 Å². The third-order valence-electron chi connectivity index (χ3n) is 5.38. The van der Waals surface area contributed by atoms with Gasteiger partial charge in [0.25, 0.3) is 0 Å².